The quantitative estimate of drug-likeness (QED) is 0.551. The van der Waals surface area contributed by atoms with Crippen LogP contribution in [0.15, 0.2) is 51.7 Å². The average molecular weight is 419 g/mol. The topological polar surface area (TPSA) is 65.7 Å². The van der Waals surface area contributed by atoms with Crippen molar-refractivity contribution in [3.8, 4) is 0 Å². The number of benzene rings is 2. The van der Waals surface area contributed by atoms with E-state index < -0.39 is 0 Å². The molecule has 0 aliphatic rings. The Balaban J connectivity index is 1.98. The van der Waals surface area contributed by atoms with Gasteiger partial charge in [0.1, 0.15) is 0 Å². The molecule has 26 heavy (non-hydrogen) atoms. The summed E-state index contributed by atoms with van der Waals surface area (Å²) < 4.78 is 3.08. The fourth-order valence-corrected chi connectivity index (χ4v) is 3.77. The Hall–Kier alpha value is -1.73. The van der Waals surface area contributed by atoms with Gasteiger partial charge < -0.3 is 14.8 Å². The Morgan fingerprint density at radius 1 is 0.923 bits per heavy atom. The van der Waals surface area contributed by atoms with Crippen molar-refractivity contribution in [3.05, 3.63) is 57.2 Å². The number of aromatic nitrogens is 1. The van der Waals surface area contributed by atoms with Gasteiger partial charge in [-0.25, -0.2) is 0 Å². The summed E-state index contributed by atoms with van der Waals surface area (Å²) in [6.45, 7) is 2.81. The maximum absolute atomic E-state index is 12.8. The zero-order chi connectivity index (χ0) is 18.5. The minimum atomic E-state index is 0.0512. The first-order valence-corrected chi connectivity index (χ1v) is 9.60. The fraction of sp³-hybridized carbons (Fsp3) is 0.350. The van der Waals surface area contributed by atoms with Crippen LogP contribution in [-0.2, 0) is 6.54 Å². The second kappa shape index (κ2) is 8.77. The molecule has 0 bridgehead atoms. The Bertz CT molecular complexity index is 949. The standard InChI is InChI=1S/C20H23BrN2O3/c21-15-6-7-19-17(14-15)20(26)16-4-1-2-5-18(16)23(19)9-3-8-22(10-12-24)11-13-25/h1-2,4-7,14,24-25H,3,8-13H2. The van der Waals surface area contributed by atoms with Gasteiger partial charge in [0.2, 0.25) is 0 Å². The van der Waals surface area contributed by atoms with Crippen LogP contribution in [0.3, 0.4) is 0 Å². The molecule has 1 heterocycles. The molecule has 0 saturated carbocycles. The van der Waals surface area contributed by atoms with Crippen molar-refractivity contribution in [2.45, 2.75) is 13.0 Å². The molecule has 5 nitrogen and oxygen atoms in total. The van der Waals surface area contributed by atoms with Crippen molar-refractivity contribution in [3.63, 3.8) is 0 Å². The molecule has 0 saturated heterocycles. The number of aryl methyl sites for hydroxylation is 1. The summed E-state index contributed by atoms with van der Waals surface area (Å²) in [6.07, 6.45) is 0.859. The van der Waals surface area contributed by atoms with Gasteiger partial charge >= 0.3 is 0 Å². The zero-order valence-electron chi connectivity index (χ0n) is 14.6. The molecule has 1 aromatic heterocycles. The highest BCUT2D eigenvalue weighted by Gasteiger charge is 2.11. The summed E-state index contributed by atoms with van der Waals surface area (Å²) >= 11 is 3.46. The van der Waals surface area contributed by atoms with Crippen molar-refractivity contribution >= 4 is 37.7 Å². The molecule has 3 aromatic rings. The molecule has 0 fully saturated rings. The molecule has 0 aliphatic carbocycles. The third-order valence-electron chi connectivity index (χ3n) is 4.62. The summed E-state index contributed by atoms with van der Waals surface area (Å²) in [5.74, 6) is 0. The third kappa shape index (κ3) is 3.99. The van der Waals surface area contributed by atoms with E-state index in [0.29, 0.717) is 18.5 Å². The van der Waals surface area contributed by atoms with Crippen LogP contribution >= 0.6 is 15.9 Å². The van der Waals surface area contributed by atoms with Gasteiger partial charge in [0.15, 0.2) is 5.43 Å². The molecule has 0 atom stereocenters. The van der Waals surface area contributed by atoms with Crippen LogP contribution < -0.4 is 5.43 Å². The van der Waals surface area contributed by atoms with Crippen LogP contribution in [0.25, 0.3) is 21.8 Å². The van der Waals surface area contributed by atoms with Crippen LogP contribution in [0.4, 0.5) is 0 Å². The molecule has 0 radical (unpaired) electrons. The van der Waals surface area contributed by atoms with Gasteiger partial charge in [0.05, 0.1) is 24.2 Å². The number of pyridine rings is 1. The number of fused-ring (bicyclic) bond motifs is 2. The lowest BCUT2D eigenvalue weighted by Crippen LogP contribution is -2.31. The first-order valence-electron chi connectivity index (χ1n) is 8.80. The van der Waals surface area contributed by atoms with Crippen LogP contribution in [0.5, 0.6) is 0 Å². The van der Waals surface area contributed by atoms with Crippen molar-refractivity contribution in [2.24, 2.45) is 0 Å². The summed E-state index contributed by atoms with van der Waals surface area (Å²) in [5, 5.41) is 19.7. The second-order valence-corrected chi connectivity index (χ2v) is 7.22. The van der Waals surface area contributed by atoms with Gasteiger partial charge in [-0.2, -0.15) is 0 Å². The van der Waals surface area contributed by atoms with Crippen LogP contribution in [-0.4, -0.2) is 52.5 Å². The molecule has 2 N–H and O–H groups in total. The van der Waals surface area contributed by atoms with E-state index in [1.807, 2.05) is 47.4 Å². The molecule has 0 spiro atoms. The number of aliphatic hydroxyl groups is 2. The summed E-state index contributed by atoms with van der Waals surface area (Å²) in [6, 6.07) is 13.5. The van der Waals surface area contributed by atoms with E-state index in [9.17, 15) is 4.79 Å². The van der Waals surface area contributed by atoms with Gasteiger partial charge in [-0.1, -0.05) is 28.1 Å². The predicted molar refractivity (Wildman–Crippen MR) is 109 cm³/mol. The van der Waals surface area contributed by atoms with E-state index in [0.717, 1.165) is 40.4 Å². The smallest absolute Gasteiger partial charge is 0.197 e. The van der Waals surface area contributed by atoms with Gasteiger partial charge in [0.25, 0.3) is 0 Å². The van der Waals surface area contributed by atoms with E-state index in [2.05, 4.69) is 20.5 Å². The normalized spacial score (nSPS) is 11.7. The molecule has 138 valence electrons. The van der Waals surface area contributed by atoms with Crippen LogP contribution in [0.1, 0.15) is 6.42 Å². The number of halogens is 1. The molecule has 3 rings (SSSR count). The highest BCUT2D eigenvalue weighted by Crippen LogP contribution is 2.22. The maximum atomic E-state index is 12.8. The molecule has 6 heteroatoms. The van der Waals surface area contributed by atoms with Crippen molar-refractivity contribution in [1.82, 2.24) is 9.47 Å². The van der Waals surface area contributed by atoms with Gasteiger partial charge in [-0.3, -0.25) is 9.69 Å². The van der Waals surface area contributed by atoms with Gasteiger partial charge in [-0.05, 0) is 36.8 Å². The molecule has 0 amide bonds. The molecular formula is C20H23BrN2O3. The summed E-state index contributed by atoms with van der Waals surface area (Å²) in [4.78, 5) is 14.9. The van der Waals surface area contributed by atoms with Gasteiger partial charge in [-0.15, -0.1) is 0 Å². The Kier molecular flexibility index (Phi) is 6.43. The van der Waals surface area contributed by atoms with Gasteiger partial charge in [0, 0.05) is 41.4 Å². The fourth-order valence-electron chi connectivity index (χ4n) is 3.41. The van der Waals surface area contributed by atoms with E-state index in [1.165, 1.54) is 0 Å². The van der Waals surface area contributed by atoms with E-state index in [1.54, 1.807) is 0 Å². The van der Waals surface area contributed by atoms with E-state index in [4.69, 9.17) is 10.2 Å². The Labute approximate surface area is 160 Å². The van der Waals surface area contributed by atoms with E-state index >= 15 is 0 Å². The highest BCUT2D eigenvalue weighted by molar-refractivity contribution is 9.10. The first kappa shape index (κ1) is 19.0. The Morgan fingerprint density at radius 2 is 1.62 bits per heavy atom. The second-order valence-electron chi connectivity index (χ2n) is 6.30. The van der Waals surface area contributed by atoms with E-state index in [-0.39, 0.29) is 18.6 Å². The molecule has 0 unspecified atom stereocenters. The lowest BCUT2D eigenvalue weighted by Gasteiger charge is -2.21. The number of nitrogens with zero attached hydrogens (tertiary/aromatic N) is 2. The molecule has 2 aromatic carbocycles. The average Bonchev–Trinajstić information content (AvgIpc) is 2.65. The minimum absolute atomic E-state index is 0.0512. The van der Waals surface area contributed by atoms with Crippen LogP contribution in [0.2, 0.25) is 0 Å². The lowest BCUT2D eigenvalue weighted by atomic mass is 10.1. The highest BCUT2D eigenvalue weighted by atomic mass is 79.9. The van der Waals surface area contributed by atoms with Crippen molar-refractivity contribution in [2.75, 3.05) is 32.8 Å². The number of rotatable bonds is 8. The number of hydrogen-bond donors (Lipinski definition) is 2. The third-order valence-corrected chi connectivity index (χ3v) is 5.12. The monoisotopic (exact) mass is 418 g/mol. The number of para-hydroxylation sites is 1. The predicted octanol–water partition coefficient (Wildman–Crippen LogP) is 2.59. The SMILES string of the molecule is O=c1c2ccccc2n(CCCN(CCO)CCO)c2ccc(Br)cc12. The summed E-state index contributed by atoms with van der Waals surface area (Å²) in [5.41, 5.74) is 1.91. The molecule has 0 aliphatic heterocycles. The number of aliphatic hydroxyl groups excluding tert-OH is 2. The minimum Gasteiger partial charge on any atom is -0.395 e. The summed E-state index contributed by atoms with van der Waals surface area (Å²) in [7, 11) is 0. The Morgan fingerprint density at radius 3 is 2.35 bits per heavy atom. The molecular weight excluding hydrogens is 396 g/mol. The maximum Gasteiger partial charge on any atom is 0.197 e. The van der Waals surface area contributed by atoms with Crippen molar-refractivity contribution < 1.29 is 10.2 Å². The van der Waals surface area contributed by atoms with Crippen molar-refractivity contribution in [1.29, 1.82) is 0 Å². The number of hydrogen-bond acceptors (Lipinski definition) is 4. The first-order chi connectivity index (χ1) is 12.7. The van der Waals surface area contributed by atoms with Crippen LogP contribution in [0, 0.1) is 0 Å². The largest absolute Gasteiger partial charge is 0.395 e. The zero-order valence-corrected chi connectivity index (χ0v) is 16.2. The lowest BCUT2D eigenvalue weighted by molar-refractivity contribution is 0.158.